The van der Waals surface area contributed by atoms with Crippen LogP contribution in [0.2, 0.25) is 0 Å². The minimum Gasteiger partial charge on any atom is -0.481 e. The molecule has 0 spiro atoms. The number of carboxylic acid groups (broad SMARTS) is 1. The van der Waals surface area contributed by atoms with E-state index in [1.54, 1.807) is 21.9 Å². The lowest BCUT2D eigenvalue weighted by atomic mass is 9.95. The molecule has 0 radical (unpaired) electrons. The Labute approximate surface area is 147 Å². The second-order valence-corrected chi connectivity index (χ2v) is 7.10. The van der Waals surface area contributed by atoms with Crippen LogP contribution < -0.4 is 0 Å². The maximum Gasteiger partial charge on any atom is 0.308 e. The van der Waals surface area contributed by atoms with Gasteiger partial charge < -0.3 is 14.9 Å². The molecule has 2 aliphatic heterocycles. The van der Waals surface area contributed by atoms with Crippen LogP contribution in [0.1, 0.15) is 30.1 Å². The third-order valence-corrected chi connectivity index (χ3v) is 5.39. The van der Waals surface area contributed by atoms with Gasteiger partial charge in [0.15, 0.2) is 0 Å². The molecule has 6 heteroatoms. The zero-order valence-corrected chi connectivity index (χ0v) is 14.4. The molecule has 6 nitrogen and oxygen atoms in total. The molecule has 134 valence electrons. The predicted molar refractivity (Wildman–Crippen MR) is 91.9 cm³/mol. The fraction of sp³-hybridized carbons (Fsp3) is 0.526. The van der Waals surface area contributed by atoms with Gasteiger partial charge in [-0.05, 0) is 30.9 Å². The summed E-state index contributed by atoms with van der Waals surface area (Å²) < 4.78 is 0. The smallest absolute Gasteiger partial charge is 0.308 e. The molecule has 2 saturated heterocycles. The highest BCUT2D eigenvalue weighted by Gasteiger charge is 2.39. The molecule has 1 N–H and O–H groups in total. The van der Waals surface area contributed by atoms with E-state index in [2.05, 4.69) is 0 Å². The van der Waals surface area contributed by atoms with Crippen molar-refractivity contribution in [2.24, 2.45) is 17.8 Å². The van der Waals surface area contributed by atoms with Gasteiger partial charge in [0.1, 0.15) is 0 Å². The summed E-state index contributed by atoms with van der Waals surface area (Å²) in [7, 11) is 0. The lowest BCUT2D eigenvalue weighted by molar-refractivity contribution is -0.142. The van der Waals surface area contributed by atoms with Crippen molar-refractivity contribution < 1.29 is 19.5 Å². The van der Waals surface area contributed by atoms with Crippen LogP contribution >= 0.6 is 0 Å². The second kappa shape index (κ2) is 7.25. The number of rotatable bonds is 3. The zero-order valence-electron chi connectivity index (χ0n) is 14.4. The highest BCUT2D eigenvalue weighted by atomic mass is 16.4. The van der Waals surface area contributed by atoms with Gasteiger partial charge in [0.25, 0.3) is 5.91 Å². The minimum atomic E-state index is -0.828. The maximum absolute atomic E-state index is 12.7. The molecular weight excluding hydrogens is 320 g/mol. The third kappa shape index (κ3) is 3.67. The van der Waals surface area contributed by atoms with Crippen LogP contribution in [-0.2, 0) is 9.59 Å². The molecule has 0 saturated carbocycles. The number of hydrogen-bond donors (Lipinski definition) is 1. The van der Waals surface area contributed by atoms with Crippen molar-refractivity contribution in [3.8, 4) is 0 Å². The van der Waals surface area contributed by atoms with Crippen LogP contribution in [0.5, 0.6) is 0 Å². The van der Waals surface area contributed by atoms with Gasteiger partial charge in [0.2, 0.25) is 5.91 Å². The van der Waals surface area contributed by atoms with Crippen molar-refractivity contribution in [1.29, 1.82) is 0 Å². The van der Waals surface area contributed by atoms with Crippen molar-refractivity contribution in [3.63, 3.8) is 0 Å². The maximum atomic E-state index is 12.7. The topological polar surface area (TPSA) is 77.9 Å². The van der Waals surface area contributed by atoms with Crippen LogP contribution in [0, 0.1) is 17.8 Å². The van der Waals surface area contributed by atoms with E-state index in [1.165, 1.54) is 0 Å². The minimum absolute atomic E-state index is 0.00670. The van der Waals surface area contributed by atoms with E-state index >= 15 is 0 Å². The molecule has 0 bridgehead atoms. The highest BCUT2D eigenvalue weighted by molar-refractivity contribution is 5.94. The molecule has 25 heavy (non-hydrogen) atoms. The zero-order chi connectivity index (χ0) is 18.0. The monoisotopic (exact) mass is 344 g/mol. The number of likely N-dealkylation sites (tertiary alicyclic amines) is 2. The van der Waals surface area contributed by atoms with Crippen molar-refractivity contribution in [3.05, 3.63) is 35.9 Å². The van der Waals surface area contributed by atoms with Crippen LogP contribution in [-0.4, -0.2) is 58.9 Å². The average Bonchev–Trinajstić information content (AvgIpc) is 3.03. The van der Waals surface area contributed by atoms with E-state index in [9.17, 15) is 19.5 Å². The van der Waals surface area contributed by atoms with Gasteiger partial charge in [-0.25, -0.2) is 0 Å². The predicted octanol–water partition coefficient (Wildman–Crippen LogP) is 1.72. The van der Waals surface area contributed by atoms with E-state index in [-0.39, 0.29) is 23.7 Å². The molecule has 3 rings (SSSR count). The second-order valence-electron chi connectivity index (χ2n) is 7.10. The first-order chi connectivity index (χ1) is 12.0. The highest BCUT2D eigenvalue weighted by Crippen LogP contribution is 2.28. The van der Waals surface area contributed by atoms with E-state index in [1.807, 2.05) is 25.1 Å². The molecule has 1 aromatic rings. The number of carbonyl (C=O) groups is 3. The Bertz CT molecular complexity index is 653. The number of carbonyl (C=O) groups excluding carboxylic acids is 2. The van der Waals surface area contributed by atoms with Gasteiger partial charge in [-0.1, -0.05) is 25.1 Å². The number of hydrogen-bond acceptors (Lipinski definition) is 3. The number of benzene rings is 1. The van der Waals surface area contributed by atoms with Crippen molar-refractivity contribution >= 4 is 17.8 Å². The third-order valence-electron chi connectivity index (χ3n) is 5.39. The molecule has 2 amide bonds. The van der Waals surface area contributed by atoms with E-state index in [0.717, 1.165) is 0 Å². The lowest BCUT2D eigenvalue weighted by Gasteiger charge is -2.33. The Kier molecular flexibility index (Phi) is 5.06. The van der Waals surface area contributed by atoms with Crippen LogP contribution in [0.25, 0.3) is 0 Å². The van der Waals surface area contributed by atoms with Gasteiger partial charge in [-0.3, -0.25) is 14.4 Å². The van der Waals surface area contributed by atoms with Gasteiger partial charge >= 0.3 is 5.97 Å². The van der Waals surface area contributed by atoms with Crippen molar-refractivity contribution in [1.82, 2.24) is 9.80 Å². The molecule has 0 aliphatic carbocycles. The molecule has 2 aliphatic rings. The summed E-state index contributed by atoms with van der Waals surface area (Å²) in [6, 6.07) is 9.17. The Balaban J connectivity index is 1.55. The fourth-order valence-electron chi connectivity index (χ4n) is 3.82. The van der Waals surface area contributed by atoms with Crippen molar-refractivity contribution in [2.45, 2.75) is 19.8 Å². The standard InChI is InChI=1S/C19H24N2O4/c1-13-11-21(12-16(13)19(24)25)18(23)15-7-9-20(10-8-15)17(22)14-5-3-2-4-6-14/h2-6,13,15-16H,7-12H2,1H3,(H,24,25)/t13-,16-/m1/s1. The van der Waals surface area contributed by atoms with Crippen LogP contribution in [0.4, 0.5) is 0 Å². The largest absolute Gasteiger partial charge is 0.481 e. The van der Waals surface area contributed by atoms with E-state index < -0.39 is 11.9 Å². The molecule has 0 aromatic heterocycles. The number of carboxylic acids is 1. The van der Waals surface area contributed by atoms with E-state index in [4.69, 9.17) is 0 Å². The molecule has 2 fully saturated rings. The number of amides is 2. The Hall–Kier alpha value is -2.37. The van der Waals surface area contributed by atoms with Crippen LogP contribution in [0.3, 0.4) is 0 Å². The summed E-state index contributed by atoms with van der Waals surface area (Å²) in [4.78, 5) is 39.9. The Morgan fingerprint density at radius 1 is 1.00 bits per heavy atom. The number of aliphatic carboxylic acids is 1. The van der Waals surface area contributed by atoms with Gasteiger partial charge in [-0.15, -0.1) is 0 Å². The van der Waals surface area contributed by atoms with E-state index in [0.29, 0.717) is 44.6 Å². The first-order valence-corrected chi connectivity index (χ1v) is 8.83. The van der Waals surface area contributed by atoms with Gasteiger partial charge in [0.05, 0.1) is 5.92 Å². The summed E-state index contributed by atoms with van der Waals surface area (Å²) in [5.41, 5.74) is 0.671. The molecule has 1 aromatic carbocycles. The molecular formula is C19H24N2O4. The number of piperidine rings is 1. The Morgan fingerprint density at radius 3 is 2.20 bits per heavy atom. The SMILES string of the molecule is C[C@@H]1CN(C(=O)C2CCN(C(=O)c3ccccc3)CC2)C[C@H]1C(=O)O. The fourth-order valence-corrected chi connectivity index (χ4v) is 3.82. The average molecular weight is 344 g/mol. The molecule has 0 unspecified atom stereocenters. The summed E-state index contributed by atoms with van der Waals surface area (Å²) >= 11 is 0. The summed E-state index contributed by atoms with van der Waals surface area (Å²) in [6.07, 6.45) is 1.28. The quantitative estimate of drug-likeness (QED) is 0.906. The summed E-state index contributed by atoms with van der Waals surface area (Å²) in [6.45, 7) is 3.83. The van der Waals surface area contributed by atoms with Crippen molar-refractivity contribution in [2.75, 3.05) is 26.2 Å². The van der Waals surface area contributed by atoms with Gasteiger partial charge in [0, 0.05) is 37.7 Å². The molecule has 2 heterocycles. The lowest BCUT2D eigenvalue weighted by Crippen LogP contribution is -2.44. The van der Waals surface area contributed by atoms with Crippen LogP contribution in [0.15, 0.2) is 30.3 Å². The first kappa shape index (κ1) is 17.5. The normalized spacial score (nSPS) is 24.4. The van der Waals surface area contributed by atoms with Gasteiger partial charge in [-0.2, -0.15) is 0 Å². The molecule has 2 atom stereocenters. The Morgan fingerprint density at radius 2 is 1.64 bits per heavy atom. The summed E-state index contributed by atoms with van der Waals surface area (Å²) in [5, 5.41) is 9.22. The summed E-state index contributed by atoms with van der Waals surface area (Å²) in [5.74, 6) is -1.37. The number of nitrogens with zero attached hydrogens (tertiary/aromatic N) is 2. The first-order valence-electron chi connectivity index (χ1n) is 8.83.